The number of nitrogens with zero attached hydrogens (tertiary/aromatic N) is 1. The van der Waals surface area contributed by atoms with Gasteiger partial charge in [0.25, 0.3) is 0 Å². The summed E-state index contributed by atoms with van der Waals surface area (Å²) >= 11 is 6.23. The molecule has 1 fully saturated rings. The lowest BCUT2D eigenvalue weighted by Crippen LogP contribution is -2.36. The standard InChI is InChI=1S/C23H30ClN3O2.HI/c1-2-25-23(27-16-20-5-3-4-6-22(20)24)26-15-18-7-9-19(10-8-18)17-29-21-11-13-28-14-12-21;/h3-10,21H,2,11-17H2,1H3,(H2,25,26,27);1H. The van der Waals surface area contributed by atoms with Gasteiger partial charge in [0.05, 0.1) is 19.3 Å². The number of rotatable bonds is 8. The Bertz CT molecular complexity index is 780. The summed E-state index contributed by atoms with van der Waals surface area (Å²) in [6, 6.07) is 16.3. The van der Waals surface area contributed by atoms with Crippen molar-refractivity contribution >= 4 is 41.5 Å². The minimum atomic E-state index is 0. The van der Waals surface area contributed by atoms with Crippen LogP contribution in [-0.2, 0) is 29.2 Å². The lowest BCUT2D eigenvalue weighted by atomic mass is 10.1. The van der Waals surface area contributed by atoms with Crippen LogP contribution in [-0.4, -0.2) is 31.8 Å². The van der Waals surface area contributed by atoms with Crippen LogP contribution in [0.4, 0.5) is 0 Å². The van der Waals surface area contributed by atoms with Crippen LogP contribution in [0.5, 0.6) is 0 Å². The lowest BCUT2D eigenvalue weighted by molar-refractivity contribution is -0.0390. The van der Waals surface area contributed by atoms with E-state index in [9.17, 15) is 0 Å². The number of nitrogens with one attached hydrogen (secondary N) is 2. The maximum atomic E-state index is 6.23. The molecule has 5 nitrogen and oxygen atoms in total. The van der Waals surface area contributed by atoms with E-state index in [4.69, 9.17) is 21.1 Å². The second-order valence-corrected chi connectivity index (χ2v) is 7.49. The number of hydrogen-bond donors (Lipinski definition) is 2. The molecule has 164 valence electrons. The van der Waals surface area contributed by atoms with Crippen molar-refractivity contribution in [3.05, 3.63) is 70.2 Å². The maximum absolute atomic E-state index is 6.23. The topological polar surface area (TPSA) is 54.9 Å². The predicted octanol–water partition coefficient (Wildman–Crippen LogP) is 4.91. The lowest BCUT2D eigenvalue weighted by Gasteiger charge is -2.22. The number of benzene rings is 2. The van der Waals surface area contributed by atoms with E-state index < -0.39 is 0 Å². The first-order chi connectivity index (χ1) is 14.2. The Morgan fingerprint density at radius 1 is 1.07 bits per heavy atom. The Balaban J connectivity index is 0.00000320. The first kappa shape index (κ1) is 24.9. The Kier molecular flexibility index (Phi) is 11.5. The van der Waals surface area contributed by atoms with Crippen LogP contribution in [0.15, 0.2) is 53.5 Å². The first-order valence-electron chi connectivity index (χ1n) is 10.3. The van der Waals surface area contributed by atoms with Gasteiger partial charge in [-0.3, -0.25) is 0 Å². The third kappa shape index (κ3) is 8.41. The van der Waals surface area contributed by atoms with Gasteiger partial charge in [-0.25, -0.2) is 4.99 Å². The van der Waals surface area contributed by atoms with E-state index in [1.54, 1.807) is 0 Å². The minimum Gasteiger partial charge on any atom is -0.381 e. The molecule has 1 aliphatic heterocycles. The zero-order valence-corrected chi connectivity index (χ0v) is 20.5. The monoisotopic (exact) mass is 543 g/mol. The van der Waals surface area contributed by atoms with E-state index in [2.05, 4.69) is 46.8 Å². The number of guanidine groups is 1. The number of hydrogen-bond acceptors (Lipinski definition) is 3. The van der Waals surface area contributed by atoms with Gasteiger partial charge in [-0.15, -0.1) is 24.0 Å². The van der Waals surface area contributed by atoms with Gasteiger partial charge in [-0.2, -0.15) is 0 Å². The fourth-order valence-corrected chi connectivity index (χ4v) is 3.33. The molecule has 30 heavy (non-hydrogen) atoms. The van der Waals surface area contributed by atoms with Crippen LogP contribution in [0.2, 0.25) is 5.02 Å². The van der Waals surface area contributed by atoms with E-state index in [1.165, 1.54) is 5.56 Å². The minimum absolute atomic E-state index is 0. The Morgan fingerprint density at radius 2 is 1.77 bits per heavy atom. The highest BCUT2D eigenvalue weighted by Crippen LogP contribution is 2.15. The largest absolute Gasteiger partial charge is 0.381 e. The molecule has 0 saturated carbocycles. The van der Waals surface area contributed by atoms with E-state index in [0.29, 0.717) is 25.8 Å². The van der Waals surface area contributed by atoms with Crippen LogP contribution in [0, 0.1) is 0 Å². The fraction of sp³-hybridized carbons (Fsp3) is 0.435. The third-order valence-corrected chi connectivity index (χ3v) is 5.21. The molecule has 1 aliphatic rings. The molecular formula is C23H31ClIN3O2. The normalized spacial score (nSPS) is 14.8. The summed E-state index contributed by atoms with van der Waals surface area (Å²) in [6.45, 7) is 6.36. The Hall–Kier alpha value is -1.35. The second-order valence-electron chi connectivity index (χ2n) is 7.08. The molecule has 1 saturated heterocycles. The molecule has 0 aromatic heterocycles. The molecule has 0 bridgehead atoms. The molecule has 2 N–H and O–H groups in total. The van der Waals surface area contributed by atoms with Gasteiger partial charge >= 0.3 is 0 Å². The van der Waals surface area contributed by atoms with Crippen molar-refractivity contribution in [3.8, 4) is 0 Å². The molecule has 0 amide bonds. The number of ether oxygens (including phenoxy) is 2. The van der Waals surface area contributed by atoms with Gasteiger partial charge in [0.1, 0.15) is 0 Å². The van der Waals surface area contributed by atoms with Gasteiger partial charge in [-0.1, -0.05) is 54.1 Å². The molecule has 0 aliphatic carbocycles. The van der Waals surface area contributed by atoms with E-state index in [-0.39, 0.29) is 24.0 Å². The summed E-state index contributed by atoms with van der Waals surface area (Å²) in [6.07, 6.45) is 2.29. The molecule has 0 radical (unpaired) electrons. The van der Waals surface area contributed by atoms with Crippen molar-refractivity contribution in [1.29, 1.82) is 0 Å². The van der Waals surface area contributed by atoms with Crippen molar-refractivity contribution in [1.82, 2.24) is 10.6 Å². The molecule has 2 aromatic rings. The highest BCUT2D eigenvalue weighted by Gasteiger charge is 2.13. The average molecular weight is 544 g/mol. The van der Waals surface area contributed by atoms with E-state index in [0.717, 1.165) is 54.7 Å². The summed E-state index contributed by atoms with van der Waals surface area (Å²) in [5.74, 6) is 0.777. The molecule has 2 aromatic carbocycles. The van der Waals surface area contributed by atoms with Crippen molar-refractivity contribution in [2.75, 3.05) is 19.8 Å². The molecular weight excluding hydrogens is 513 g/mol. The smallest absolute Gasteiger partial charge is 0.191 e. The first-order valence-corrected chi connectivity index (χ1v) is 10.6. The zero-order chi connectivity index (χ0) is 20.3. The average Bonchev–Trinajstić information content (AvgIpc) is 2.76. The molecule has 7 heteroatoms. The summed E-state index contributed by atoms with van der Waals surface area (Å²) in [4.78, 5) is 4.68. The van der Waals surface area contributed by atoms with E-state index >= 15 is 0 Å². The molecule has 0 atom stereocenters. The van der Waals surface area contributed by atoms with Crippen LogP contribution in [0.3, 0.4) is 0 Å². The quantitative estimate of drug-likeness (QED) is 0.282. The highest BCUT2D eigenvalue weighted by molar-refractivity contribution is 14.0. The van der Waals surface area contributed by atoms with Gasteiger partial charge < -0.3 is 20.1 Å². The Labute approximate surface area is 201 Å². The predicted molar refractivity (Wildman–Crippen MR) is 134 cm³/mol. The van der Waals surface area contributed by atoms with Crippen LogP contribution in [0.1, 0.15) is 36.5 Å². The zero-order valence-electron chi connectivity index (χ0n) is 17.4. The van der Waals surface area contributed by atoms with Gasteiger partial charge in [0, 0.05) is 31.3 Å². The van der Waals surface area contributed by atoms with Gasteiger partial charge in [0.15, 0.2) is 5.96 Å². The van der Waals surface area contributed by atoms with Crippen LogP contribution < -0.4 is 10.6 Å². The summed E-state index contributed by atoms with van der Waals surface area (Å²) in [5.41, 5.74) is 3.40. The molecule has 1 heterocycles. The SMILES string of the molecule is CCNC(=NCc1ccc(COC2CCOCC2)cc1)NCc1ccccc1Cl.I. The van der Waals surface area contributed by atoms with Crippen molar-refractivity contribution in [2.24, 2.45) is 4.99 Å². The van der Waals surface area contributed by atoms with Crippen molar-refractivity contribution in [3.63, 3.8) is 0 Å². The second kappa shape index (κ2) is 13.9. The highest BCUT2D eigenvalue weighted by atomic mass is 127. The summed E-state index contributed by atoms with van der Waals surface area (Å²) in [5, 5.41) is 7.38. The summed E-state index contributed by atoms with van der Waals surface area (Å²) in [7, 11) is 0. The number of halogens is 2. The third-order valence-electron chi connectivity index (χ3n) is 4.85. The van der Waals surface area contributed by atoms with Gasteiger partial charge in [-0.05, 0) is 42.5 Å². The fourth-order valence-electron chi connectivity index (χ4n) is 3.13. The van der Waals surface area contributed by atoms with E-state index in [1.807, 2.05) is 24.3 Å². The molecule has 3 rings (SSSR count). The van der Waals surface area contributed by atoms with Gasteiger partial charge in [0.2, 0.25) is 0 Å². The molecule has 0 unspecified atom stereocenters. The Morgan fingerprint density at radius 3 is 2.47 bits per heavy atom. The maximum Gasteiger partial charge on any atom is 0.191 e. The van der Waals surface area contributed by atoms with Crippen LogP contribution in [0.25, 0.3) is 0 Å². The van der Waals surface area contributed by atoms with Crippen molar-refractivity contribution < 1.29 is 9.47 Å². The summed E-state index contributed by atoms with van der Waals surface area (Å²) < 4.78 is 11.4. The number of aliphatic imine (C=N–C) groups is 1. The van der Waals surface area contributed by atoms with Crippen molar-refractivity contribution in [2.45, 2.75) is 45.6 Å². The molecule has 0 spiro atoms. The van der Waals surface area contributed by atoms with Crippen LogP contribution >= 0.6 is 35.6 Å².